The lowest BCUT2D eigenvalue weighted by molar-refractivity contribution is -0.130. The largest absolute Gasteiger partial charge is 0.354 e. The second kappa shape index (κ2) is 10.0. The highest BCUT2D eigenvalue weighted by Crippen LogP contribution is 2.21. The molecule has 2 amide bonds. The van der Waals surface area contributed by atoms with Gasteiger partial charge in [0.1, 0.15) is 6.04 Å². The van der Waals surface area contributed by atoms with Crippen molar-refractivity contribution in [2.24, 2.45) is 5.41 Å². The van der Waals surface area contributed by atoms with E-state index in [0.717, 1.165) is 12.0 Å². The van der Waals surface area contributed by atoms with Gasteiger partial charge in [-0.05, 0) is 36.0 Å². The molecular weight excluding hydrogens is 359 g/mol. The van der Waals surface area contributed by atoms with E-state index in [9.17, 15) is 9.59 Å². The summed E-state index contributed by atoms with van der Waals surface area (Å²) in [7, 11) is 0. The first-order chi connectivity index (χ1) is 11.6. The van der Waals surface area contributed by atoms with E-state index in [0.29, 0.717) is 35.9 Å². The number of nitrogens with one attached hydrogen (secondary N) is 2. The number of carbonyl (C=O) groups is 2. The van der Waals surface area contributed by atoms with Crippen LogP contribution in [0.2, 0.25) is 10.0 Å². The number of benzene rings is 1. The number of hydrogen-bond donors (Lipinski definition) is 2. The van der Waals surface area contributed by atoms with Gasteiger partial charge in [0.15, 0.2) is 0 Å². The van der Waals surface area contributed by atoms with Crippen LogP contribution in [0.15, 0.2) is 18.2 Å². The predicted octanol–water partition coefficient (Wildman–Crippen LogP) is 4.37. The van der Waals surface area contributed by atoms with Crippen molar-refractivity contribution in [2.45, 2.75) is 59.4 Å². The lowest BCUT2D eigenvalue weighted by Crippen LogP contribution is -2.47. The summed E-state index contributed by atoms with van der Waals surface area (Å²) in [6.07, 6.45) is 2.43. The Morgan fingerprint density at radius 3 is 2.44 bits per heavy atom. The molecule has 1 aromatic rings. The van der Waals surface area contributed by atoms with E-state index in [1.807, 2.05) is 33.8 Å². The molecule has 0 aromatic heterocycles. The molecular formula is C19H28Cl2N2O2. The van der Waals surface area contributed by atoms with E-state index >= 15 is 0 Å². The Balaban J connectivity index is 2.54. The zero-order valence-electron chi connectivity index (χ0n) is 15.4. The quantitative estimate of drug-likeness (QED) is 0.696. The van der Waals surface area contributed by atoms with Crippen LogP contribution in [0.5, 0.6) is 0 Å². The Hall–Kier alpha value is -1.26. The lowest BCUT2D eigenvalue weighted by atomic mass is 9.91. The van der Waals surface area contributed by atoms with Gasteiger partial charge in [-0.2, -0.15) is 0 Å². The van der Waals surface area contributed by atoms with Gasteiger partial charge >= 0.3 is 0 Å². The van der Waals surface area contributed by atoms with Crippen LogP contribution in [0, 0.1) is 5.41 Å². The topological polar surface area (TPSA) is 58.2 Å². The van der Waals surface area contributed by atoms with E-state index in [4.69, 9.17) is 23.2 Å². The average Bonchev–Trinajstić information content (AvgIpc) is 2.47. The highest BCUT2D eigenvalue weighted by molar-refractivity contribution is 6.35. The zero-order valence-corrected chi connectivity index (χ0v) is 16.9. The third kappa shape index (κ3) is 8.59. The second-order valence-electron chi connectivity index (χ2n) is 7.42. The van der Waals surface area contributed by atoms with Crippen molar-refractivity contribution in [2.75, 3.05) is 6.54 Å². The van der Waals surface area contributed by atoms with Crippen LogP contribution < -0.4 is 10.6 Å². The molecule has 4 nitrogen and oxygen atoms in total. The SMILES string of the molecule is CCCC(NC(=O)CC(C)(C)C)C(=O)NCCc1ccc(Cl)cc1Cl. The number of halogens is 2. The number of rotatable bonds is 8. The lowest BCUT2D eigenvalue weighted by Gasteiger charge is -2.22. The van der Waals surface area contributed by atoms with E-state index < -0.39 is 6.04 Å². The van der Waals surface area contributed by atoms with Crippen LogP contribution in [0.4, 0.5) is 0 Å². The smallest absolute Gasteiger partial charge is 0.242 e. The molecule has 2 N–H and O–H groups in total. The maximum atomic E-state index is 12.4. The molecule has 0 radical (unpaired) electrons. The van der Waals surface area contributed by atoms with E-state index in [-0.39, 0.29) is 17.2 Å². The van der Waals surface area contributed by atoms with Gasteiger partial charge in [-0.1, -0.05) is 63.4 Å². The molecule has 1 aromatic carbocycles. The molecule has 6 heteroatoms. The molecule has 140 valence electrons. The highest BCUT2D eigenvalue weighted by Gasteiger charge is 2.22. The van der Waals surface area contributed by atoms with E-state index in [1.54, 1.807) is 12.1 Å². The van der Waals surface area contributed by atoms with Gasteiger partial charge in [0.2, 0.25) is 11.8 Å². The Morgan fingerprint density at radius 2 is 1.88 bits per heavy atom. The molecule has 0 aliphatic heterocycles. The minimum atomic E-state index is -0.500. The fourth-order valence-corrected chi connectivity index (χ4v) is 2.96. The van der Waals surface area contributed by atoms with Crippen LogP contribution in [0.3, 0.4) is 0 Å². The number of amides is 2. The first-order valence-electron chi connectivity index (χ1n) is 8.63. The summed E-state index contributed by atoms with van der Waals surface area (Å²) >= 11 is 12.0. The normalized spacial score (nSPS) is 12.6. The fraction of sp³-hybridized carbons (Fsp3) is 0.579. The van der Waals surface area contributed by atoms with Gasteiger partial charge in [0.25, 0.3) is 0 Å². The molecule has 0 aliphatic rings. The maximum absolute atomic E-state index is 12.4. The first kappa shape index (κ1) is 21.8. The number of hydrogen-bond acceptors (Lipinski definition) is 2. The third-order valence-corrected chi connectivity index (χ3v) is 4.22. The molecule has 0 aliphatic carbocycles. The fourth-order valence-electron chi connectivity index (χ4n) is 2.45. The Labute approximate surface area is 160 Å². The van der Waals surface area contributed by atoms with Crippen LogP contribution in [-0.2, 0) is 16.0 Å². The molecule has 0 saturated heterocycles. The summed E-state index contributed by atoms with van der Waals surface area (Å²) in [4.78, 5) is 24.5. The summed E-state index contributed by atoms with van der Waals surface area (Å²) in [5, 5.41) is 6.90. The molecule has 0 spiro atoms. The molecule has 0 bridgehead atoms. The van der Waals surface area contributed by atoms with Crippen molar-refractivity contribution >= 4 is 35.0 Å². The van der Waals surface area contributed by atoms with Crippen molar-refractivity contribution in [1.82, 2.24) is 10.6 Å². The highest BCUT2D eigenvalue weighted by atomic mass is 35.5. The van der Waals surface area contributed by atoms with Gasteiger partial charge in [-0.15, -0.1) is 0 Å². The molecule has 1 atom stereocenters. The summed E-state index contributed by atoms with van der Waals surface area (Å²) < 4.78 is 0. The van der Waals surface area contributed by atoms with Gasteiger partial charge in [-0.25, -0.2) is 0 Å². The van der Waals surface area contributed by atoms with Crippen LogP contribution in [0.1, 0.15) is 52.5 Å². The molecule has 0 saturated carbocycles. The minimum absolute atomic E-state index is 0.0955. The minimum Gasteiger partial charge on any atom is -0.354 e. The number of carbonyl (C=O) groups excluding carboxylic acids is 2. The Morgan fingerprint density at radius 1 is 1.20 bits per heavy atom. The van der Waals surface area contributed by atoms with E-state index in [2.05, 4.69) is 10.6 Å². The molecule has 25 heavy (non-hydrogen) atoms. The standard InChI is InChI=1S/C19H28Cl2N2O2/c1-5-6-16(23-17(24)12-19(2,3)4)18(25)22-10-9-13-7-8-14(20)11-15(13)21/h7-8,11,16H,5-6,9-10,12H2,1-4H3,(H,22,25)(H,23,24). The third-order valence-electron chi connectivity index (χ3n) is 3.63. The van der Waals surface area contributed by atoms with Gasteiger partial charge in [-0.3, -0.25) is 9.59 Å². The summed E-state index contributed by atoms with van der Waals surface area (Å²) in [5.74, 6) is -0.254. The predicted molar refractivity (Wildman–Crippen MR) is 104 cm³/mol. The average molecular weight is 387 g/mol. The maximum Gasteiger partial charge on any atom is 0.242 e. The Bertz CT molecular complexity index is 598. The van der Waals surface area contributed by atoms with Crippen molar-refractivity contribution in [3.05, 3.63) is 33.8 Å². The Kier molecular flexibility index (Phi) is 8.74. The second-order valence-corrected chi connectivity index (χ2v) is 8.27. The van der Waals surface area contributed by atoms with Crippen molar-refractivity contribution < 1.29 is 9.59 Å². The van der Waals surface area contributed by atoms with Gasteiger partial charge in [0, 0.05) is 23.0 Å². The molecule has 0 fully saturated rings. The van der Waals surface area contributed by atoms with Crippen LogP contribution >= 0.6 is 23.2 Å². The van der Waals surface area contributed by atoms with Gasteiger partial charge in [0.05, 0.1) is 0 Å². The monoisotopic (exact) mass is 386 g/mol. The van der Waals surface area contributed by atoms with Gasteiger partial charge < -0.3 is 10.6 Å². The summed E-state index contributed by atoms with van der Waals surface area (Å²) in [6, 6.07) is 4.82. The zero-order chi connectivity index (χ0) is 19.0. The molecule has 1 rings (SSSR count). The van der Waals surface area contributed by atoms with E-state index in [1.165, 1.54) is 0 Å². The van der Waals surface area contributed by atoms with Crippen LogP contribution in [-0.4, -0.2) is 24.4 Å². The molecule has 1 unspecified atom stereocenters. The van der Waals surface area contributed by atoms with Crippen molar-refractivity contribution in [1.29, 1.82) is 0 Å². The summed E-state index contributed by atoms with van der Waals surface area (Å²) in [6.45, 7) is 8.44. The summed E-state index contributed by atoms with van der Waals surface area (Å²) in [5.41, 5.74) is 0.818. The van der Waals surface area contributed by atoms with Crippen LogP contribution in [0.25, 0.3) is 0 Å². The van der Waals surface area contributed by atoms with Crippen molar-refractivity contribution in [3.63, 3.8) is 0 Å². The first-order valence-corrected chi connectivity index (χ1v) is 9.39. The molecule has 0 heterocycles. The van der Waals surface area contributed by atoms with Crippen molar-refractivity contribution in [3.8, 4) is 0 Å².